The molecule has 0 spiro atoms. The fourth-order valence-electron chi connectivity index (χ4n) is 2.81. The molecule has 2 aromatic rings. The van der Waals surface area contributed by atoms with Crippen molar-refractivity contribution in [1.29, 1.82) is 0 Å². The molecule has 0 aliphatic carbocycles. The van der Waals surface area contributed by atoms with Gasteiger partial charge in [-0.25, -0.2) is 0 Å². The van der Waals surface area contributed by atoms with Gasteiger partial charge in [-0.3, -0.25) is 4.79 Å². The van der Waals surface area contributed by atoms with Crippen LogP contribution in [0.5, 0.6) is 11.5 Å². The third kappa shape index (κ3) is 4.59. The van der Waals surface area contributed by atoms with Crippen molar-refractivity contribution in [2.45, 2.75) is 6.42 Å². The van der Waals surface area contributed by atoms with E-state index in [0.29, 0.717) is 30.0 Å². The molecule has 0 saturated carbocycles. The highest BCUT2D eigenvalue weighted by Gasteiger charge is 2.24. The van der Waals surface area contributed by atoms with Gasteiger partial charge in [-0.05, 0) is 44.3 Å². The standard InChI is InChI=1S/C20H25NO3/c1-21(2)14-16(12-15-8-6-5-7-9-15)20(22)18-13-17(23-3)10-11-19(18)24-4/h5-11,13,16H,12,14H2,1-4H3. The van der Waals surface area contributed by atoms with E-state index < -0.39 is 0 Å². The van der Waals surface area contributed by atoms with Crippen LogP contribution in [0, 0.1) is 5.92 Å². The highest BCUT2D eigenvalue weighted by Crippen LogP contribution is 2.27. The zero-order valence-electron chi connectivity index (χ0n) is 14.8. The summed E-state index contributed by atoms with van der Waals surface area (Å²) >= 11 is 0. The van der Waals surface area contributed by atoms with E-state index in [1.807, 2.05) is 37.2 Å². The van der Waals surface area contributed by atoms with Crippen molar-refractivity contribution in [2.24, 2.45) is 5.92 Å². The molecule has 0 fully saturated rings. The number of methoxy groups -OCH3 is 2. The molecule has 0 saturated heterocycles. The number of Topliss-reactive ketones (excluding diaryl/α,β-unsaturated/α-hetero) is 1. The maximum absolute atomic E-state index is 13.2. The number of carbonyl (C=O) groups excluding carboxylic acids is 1. The van der Waals surface area contributed by atoms with E-state index in [0.717, 1.165) is 5.56 Å². The summed E-state index contributed by atoms with van der Waals surface area (Å²) in [4.78, 5) is 15.2. The predicted molar refractivity (Wildman–Crippen MR) is 96.1 cm³/mol. The lowest BCUT2D eigenvalue weighted by atomic mass is 9.90. The molecule has 128 valence electrons. The first-order valence-corrected chi connectivity index (χ1v) is 8.00. The topological polar surface area (TPSA) is 38.8 Å². The molecule has 0 amide bonds. The molecule has 4 nitrogen and oxygen atoms in total. The summed E-state index contributed by atoms with van der Waals surface area (Å²) in [5.41, 5.74) is 1.72. The summed E-state index contributed by atoms with van der Waals surface area (Å²) in [6, 6.07) is 15.4. The first-order chi connectivity index (χ1) is 11.5. The van der Waals surface area contributed by atoms with Gasteiger partial charge in [0.2, 0.25) is 0 Å². The van der Waals surface area contributed by atoms with Gasteiger partial charge >= 0.3 is 0 Å². The van der Waals surface area contributed by atoms with Crippen LogP contribution < -0.4 is 9.47 Å². The monoisotopic (exact) mass is 327 g/mol. The van der Waals surface area contributed by atoms with Crippen LogP contribution in [0.2, 0.25) is 0 Å². The van der Waals surface area contributed by atoms with Crippen LogP contribution in [-0.4, -0.2) is 45.5 Å². The number of benzene rings is 2. The molecule has 2 aromatic carbocycles. The molecule has 1 unspecified atom stereocenters. The van der Waals surface area contributed by atoms with Gasteiger partial charge in [-0.1, -0.05) is 30.3 Å². The summed E-state index contributed by atoms with van der Waals surface area (Å²) in [5, 5.41) is 0. The quantitative estimate of drug-likeness (QED) is 0.697. The van der Waals surface area contributed by atoms with Gasteiger partial charge in [0, 0.05) is 12.5 Å². The number of nitrogens with zero attached hydrogens (tertiary/aromatic N) is 1. The van der Waals surface area contributed by atoms with Crippen molar-refractivity contribution in [3.05, 3.63) is 59.7 Å². The van der Waals surface area contributed by atoms with Crippen LogP contribution in [0.25, 0.3) is 0 Å². The Morgan fingerprint density at radius 3 is 2.33 bits per heavy atom. The number of ether oxygens (including phenoxy) is 2. The lowest BCUT2D eigenvalue weighted by Crippen LogP contribution is -2.30. The van der Waals surface area contributed by atoms with Gasteiger partial charge in [-0.15, -0.1) is 0 Å². The van der Waals surface area contributed by atoms with Crippen LogP contribution >= 0.6 is 0 Å². The second-order valence-corrected chi connectivity index (χ2v) is 6.08. The molecule has 0 bridgehead atoms. The van der Waals surface area contributed by atoms with Crippen LogP contribution in [0.3, 0.4) is 0 Å². The number of rotatable bonds is 8. The smallest absolute Gasteiger partial charge is 0.171 e. The van der Waals surface area contributed by atoms with Gasteiger partial charge in [-0.2, -0.15) is 0 Å². The Hall–Kier alpha value is -2.33. The minimum absolute atomic E-state index is 0.0725. The Bertz CT molecular complexity index is 668. The maximum atomic E-state index is 13.2. The summed E-state index contributed by atoms with van der Waals surface area (Å²) < 4.78 is 10.6. The average Bonchev–Trinajstić information content (AvgIpc) is 2.60. The molecular weight excluding hydrogens is 302 g/mol. The van der Waals surface area contributed by atoms with Crippen LogP contribution in [0.4, 0.5) is 0 Å². The van der Waals surface area contributed by atoms with E-state index in [9.17, 15) is 4.79 Å². The minimum Gasteiger partial charge on any atom is -0.497 e. The largest absolute Gasteiger partial charge is 0.497 e. The SMILES string of the molecule is COc1ccc(OC)c(C(=O)C(Cc2ccccc2)CN(C)C)c1. The van der Waals surface area contributed by atoms with Crippen molar-refractivity contribution in [3.8, 4) is 11.5 Å². The van der Waals surface area contributed by atoms with E-state index in [1.165, 1.54) is 0 Å². The van der Waals surface area contributed by atoms with Crippen molar-refractivity contribution in [3.63, 3.8) is 0 Å². The van der Waals surface area contributed by atoms with Crippen LogP contribution in [-0.2, 0) is 6.42 Å². The summed E-state index contributed by atoms with van der Waals surface area (Å²) in [5.74, 6) is 1.16. The molecule has 2 rings (SSSR count). The van der Waals surface area contributed by atoms with E-state index in [4.69, 9.17) is 9.47 Å². The molecule has 0 aliphatic rings. The third-order valence-corrected chi connectivity index (χ3v) is 3.95. The van der Waals surface area contributed by atoms with E-state index in [2.05, 4.69) is 12.1 Å². The number of hydrogen-bond donors (Lipinski definition) is 0. The Morgan fingerprint density at radius 2 is 1.75 bits per heavy atom. The normalized spacial score (nSPS) is 12.0. The molecule has 0 aromatic heterocycles. The van der Waals surface area contributed by atoms with Gasteiger partial charge in [0.25, 0.3) is 0 Å². The Balaban J connectivity index is 2.33. The molecule has 0 aliphatic heterocycles. The van der Waals surface area contributed by atoms with E-state index >= 15 is 0 Å². The third-order valence-electron chi connectivity index (χ3n) is 3.95. The van der Waals surface area contributed by atoms with Gasteiger partial charge in [0.1, 0.15) is 11.5 Å². The predicted octanol–water partition coefficient (Wildman–Crippen LogP) is 3.31. The Labute approximate surface area is 144 Å². The molecule has 0 heterocycles. The van der Waals surface area contributed by atoms with Gasteiger partial charge < -0.3 is 14.4 Å². The first kappa shape index (κ1) is 18.0. The number of hydrogen-bond acceptors (Lipinski definition) is 4. The zero-order valence-corrected chi connectivity index (χ0v) is 14.8. The highest BCUT2D eigenvalue weighted by atomic mass is 16.5. The fourth-order valence-corrected chi connectivity index (χ4v) is 2.81. The Morgan fingerprint density at radius 1 is 1.04 bits per heavy atom. The lowest BCUT2D eigenvalue weighted by Gasteiger charge is -2.21. The first-order valence-electron chi connectivity index (χ1n) is 8.00. The van der Waals surface area contributed by atoms with E-state index in [-0.39, 0.29) is 11.7 Å². The Kier molecular flexibility index (Phi) is 6.38. The van der Waals surface area contributed by atoms with Crippen molar-refractivity contribution in [1.82, 2.24) is 4.90 Å². The maximum Gasteiger partial charge on any atom is 0.171 e. The van der Waals surface area contributed by atoms with Crippen LogP contribution in [0.1, 0.15) is 15.9 Å². The average molecular weight is 327 g/mol. The van der Waals surface area contributed by atoms with Crippen molar-refractivity contribution >= 4 is 5.78 Å². The van der Waals surface area contributed by atoms with Gasteiger partial charge in [0.05, 0.1) is 19.8 Å². The minimum atomic E-state index is -0.150. The molecule has 24 heavy (non-hydrogen) atoms. The van der Waals surface area contributed by atoms with Crippen LogP contribution in [0.15, 0.2) is 48.5 Å². The molecule has 0 radical (unpaired) electrons. The lowest BCUT2D eigenvalue weighted by molar-refractivity contribution is 0.0893. The summed E-state index contributed by atoms with van der Waals surface area (Å²) in [7, 11) is 7.14. The van der Waals surface area contributed by atoms with Crippen molar-refractivity contribution < 1.29 is 14.3 Å². The fraction of sp³-hybridized carbons (Fsp3) is 0.350. The second kappa shape index (κ2) is 8.50. The number of ketones is 1. The summed E-state index contributed by atoms with van der Waals surface area (Å²) in [6.45, 7) is 0.675. The summed E-state index contributed by atoms with van der Waals surface area (Å²) in [6.07, 6.45) is 0.693. The van der Waals surface area contributed by atoms with E-state index in [1.54, 1.807) is 32.4 Å². The molecule has 0 N–H and O–H groups in total. The molecule has 1 atom stereocenters. The zero-order chi connectivity index (χ0) is 17.5. The van der Waals surface area contributed by atoms with Crippen molar-refractivity contribution in [2.75, 3.05) is 34.9 Å². The molecular formula is C20H25NO3. The second-order valence-electron chi connectivity index (χ2n) is 6.08. The van der Waals surface area contributed by atoms with Gasteiger partial charge in [0.15, 0.2) is 5.78 Å². The number of carbonyl (C=O) groups is 1. The highest BCUT2D eigenvalue weighted by molar-refractivity contribution is 6.01. The molecule has 4 heteroatoms.